The number of aryl methyl sites for hydroxylation is 1. The number of nitrogens with one attached hydrogen (secondary N) is 1. The highest BCUT2D eigenvalue weighted by Gasteiger charge is 2.22. The minimum absolute atomic E-state index is 0.185. The van der Waals surface area contributed by atoms with E-state index in [4.69, 9.17) is 0 Å². The Kier molecular flexibility index (Phi) is 4.91. The number of hydrogen-bond acceptors (Lipinski definition) is 5. The molecule has 0 atom stereocenters. The van der Waals surface area contributed by atoms with Crippen LogP contribution in [0.25, 0.3) is 0 Å². The summed E-state index contributed by atoms with van der Waals surface area (Å²) < 4.78 is 42.3. The maximum absolute atomic E-state index is 13.0. The summed E-state index contributed by atoms with van der Waals surface area (Å²) in [5, 5.41) is 15.0. The number of sulfonamides is 1. The molecular formula is C17H15FN4O4S. The van der Waals surface area contributed by atoms with E-state index in [2.05, 4.69) is 9.82 Å². The Morgan fingerprint density at radius 2 is 1.89 bits per heavy atom. The lowest BCUT2D eigenvalue weighted by Gasteiger charge is -2.12. The van der Waals surface area contributed by atoms with Crippen LogP contribution in [-0.4, -0.2) is 23.1 Å². The summed E-state index contributed by atoms with van der Waals surface area (Å²) in [5.74, 6) is -0.188. The molecule has 0 bridgehead atoms. The van der Waals surface area contributed by atoms with Gasteiger partial charge in [-0.3, -0.25) is 14.8 Å². The molecule has 27 heavy (non-hydrogen) atoms. The second-order valence-corrected chi connectivity index (χ2v) is 7.46. The molecular weight excluding hydrogens is 375 g/mol. The molecule has 2 aromatic carbocycles. The van der Waals surface area contributed by atoms with Gasteiger partial charge in [0.25, 0.3) is 15.7 Å². The molecule has 0 fully saturated rings. The lowest BCUT2D eigenvalue weighted by atomic mass is 10.2. The average molecular weight is 390 g/mol. The van der Waals surface area contributed by atoms with Crippen LogP contribution < -0.4 is 4.72 Å². The standard InChI is InChI=1S/C17H15FN4O4S/c1-12-2-7-15(22(23)24)10-16(12)27(25,26)20-17-8-9-19-21(17)11-13-3-5-14(18)6-4-13/h2-10,20H,11H2,1H3. The highest BCUT2D eigenvalue weighted by Crippen LogP contribution is 2.24. The Morgan fingerprint density at radius 3 is 2.56 bits per heavy atom. The first-order valence-electron chi connectivity index (χ1n) is 7.80. The Bertz CT molecular complexity index is 1090. The van der Waals surface area contributed by atoms with Crippen molar-refractivity contribution in [2.45, 2.75) is 18.4 Å². The highest BCUT2D eigenvalue weighted by atomic mass is 32.2. The maximum Gasteiger partial charge on any atom is 0.270 e. The van der Waals surface area contributed by atoms with E-state index in [0.29, 0.717) is 5.56 Å². The van der Waals surface area contributed by atoms with Crippen LogP contribution in [0.2, 0.25) is 0 Å². The second-order valence-electron chi connectivity index (χ2n) is 5.81. The van der Waals surface area contributed by atoms with Crippen molar-refractivity contribution >= 4 is 21.5 Å². The number of nitrogens with zero attached hydrogens (tertiary/aromatic N) is 3. The van der Waals surface area contributed by atoms with Crippen LogP contribution in [0.3, 0.4) is 0 Å². The van der Waals surface area contributed by atoms with Crippen LogP contribution in [0.5, 0.6) is 0 Å². The lowest BCUT2D eigenvalue weighted by Crippen LogP contribution is -2.18. The molecule has 1 heterocycles. The number of nitro groups is 1. The molecule has 0 amide bonds. The fourth-order valence-electron chi connectivity index (χ4n) is 2.49. The van der Waals surface area contributed by atoms with Crippen LogP contribution in [0.15, 0.2) is 59.6 Å². The summed E-state index contributed by atoms with van der Waals surface area (Å²) in [6.07, 6.45) is 1.42. The van der Waals surface area contributed by atoms with Gasteiger partial charge in [-0.15, -0.1) is 0 Å². The highest BCUT2D eigenvalue weighted by molar-refractivity contribution is 7.92. The third kappa shape index (κ3) is 4.11. The van der Waals surface area contributed by atoms with Crippen LogP contribution in [0.4, 0.5) is 15.9 Å². The van der Waals surface area contributed by atoms with Gasteiger partial charge >= 0.3 is 0 Å². The Labute approximate surface area is 154 Å². The molecule has 3 rings (SSSR count). The Morgan fingerprint density at radius 1 is 1.19 bits per heavy atom. The monoisotopic (exact) mass is 390 g/mol. The van der Waals surface area contributed by atoms with Gasteiger partial charge in [0, 0.05) is 18.2 Å². The summed E-state index contributed by atoms with van der Waals surface area (Å²) in [4.78, 5) is 10.1. The number of anilines is 1. The average Bonchev–Trinajstić information content (AvgIpc) is 3.03. The number of hydrogen-bond donors (Lipinski definition) is 1. The number of benzene rings is 2. The fourth-order valence-corrected chi connectivity index (χ4v) is 3.82. The van der Waals surface area contributed by atoms with Crippen molar-refractivity contribution in [2.75, 3.05) is 4.72 Å². The van der Waals surface area contributed by atoms with Crippen molar-refractivity contribution in [3.05, 3.63) is 81.8 Å². The normalized spacial score (nSPS) is 11.3. The minimum atomic E-state index is -4.07. The molecule has 140 valence electrons. The zero-order valence-corrected chi connectivity index (χ0v) is 15.0. The molecule has 0 unspecified atom stereocenters. The van der Waals surface area contributed by atoms with Crippen molar-refractivity contribution in [3.8, 4) is 0 Å². The predicted molar refractivity (Wildman–Crippen MR) is 96.4 cm³/mol. The van der Waals surface area contributed by atoms with Gasteiger partial charge in [0.15, 0.2) is 0 Å². The lowest BCUT2D eigenvalue weighted by molar-refractivity contribution is -0.385. The number of nitro benzene ring substituents is 1. The smallest absolute Gasteiger partial charge is 0.264 e. The molecule has 0 aliphatic carbocycles. The van der Waals surface area contributed by atoms with E-state index < -0.39 is 14.9 Å². The molecule has 0 radical (unpaired) electrons. The van der Waals surface area contributed by atoms with Crippen LogP contribution in [-0.2, 0) is 16.6 Å². The molecule has 0 aliphatic rings. The second kappa shape index (κ2) is 7.16. The quantitative estimate of drug-likeness (QED) is 0.514. The van der Waals surface area contributed by atoms with Crippen molar-refractivity contribution in [3.63, 3.8) is 0 Å². The zero-order chi connectivity index (χ0) is 19.6. The summed E-state index contributed by atoms with van der Waals surface area (Å²) in [6.45, 7) is 1.77. The molecule has 0 spiro atoms. The van der Waals surface area contributed by atoms with Gasteiger partial charge in [-0.2, -0.15) is 5.10 Å². The van der Waals surface area contributed by atoms with Gasteiger partial charge in [-0.05, 0) is 30.2 Å². The maximum atomic E-state index is 13.0. The van der Waals surface area contributed by atoms with E-state index in [0.717, 1.165) is 11.6 Å². The van der Waals surface area contributed by atoms with Gasteiger partial charge < -0.3 is 0 Å². The van der Waals surface area contributed by atoms with E-state index in [1.165, 1.54) is 41.2 Å². The van der Waals surface area contributed by atoms with Gasteiger partial charge in [0.05, 0.1) is 22.6 Å². The first-order chi connectivity index (χ1) is 12.8. The topological polar surface area (TPSA) is 107 Å². The molecule has 1 aromatic heterocycles. The number of non-ortho nitro benzene ring substituents is 1. The van der Waals surface area contributed by atoms with Crippen molar-refractivity contribution in [1.29, 1.82) is 0 Å². The van der Waals surface area contributed by atoms with Crippen molar-refractivity contribution in [1.82, 2.24) is 9.78 Å². The summed E-state index contributed by atoms with van der Waals surface area (Å²) in [6, 6.07) is 10.8. The molecule has 0 aliphatic heterocycles. The van der Waals surface area contributed by atoms with Crippen molar-refractivity contribution < 1.29 is 17.7 Å². The van der Waals surface area contributed by atoms with Gasteiger partial charge in [-0.1, -0.05) is 18.2 Å². The molecule has 3 aromatic rings. The fraction of sp³-hybridized carbons (Fsp3) is 0.118. The summed E-state index contributed by atoms with van der Waals surface area (Å²) >= 11 is 0. The zero-order valence-electron chi connectivity index (χ0n) is 14.2. The van der Waals surface area contributed by atoms with Gasteiger partial charge in [0.2, 0.25) is 0 Å². The third-order valence-corrected chi connectivity index (χ3v) is 5.37. The number of aromatic nitrogens is 2. The van der Waals surface area contributed by atoms with E-state index in [9.17, 15) is 22.9 Å². The predicted octanol–water partition coefficient (Wildman–Crippen LogP) is 3.09. The summed E-state index contributed by atoms with van der Waals surface area (Å²) in [5.41, 5.74) is 0.783. The molecule has 0 saturated carbocycles. The SMILES string of the molecule is Cc1ccc([N+](=O)[O-])cc1S(=O)(=O)Nc1ccnn1Cc1ccc(F)cc1. The Hall–Kier alpha value is -3.27. The van der Waals surface area contributed by atoms with Crippen LogP contribution >= 0.6 is 0 Å². The third-order valence-electron chi connectivity index (χ3n) is 3.87. The minimum Gasteiger partial charge on any atom is -0.264 e. The molecule has 8 nitrogen and oxygen atoms in total. The molecule has 10 heteroatoms. The molecule has 0 saturated heterocycles. The van der Waals surface area contributed by atoms with Crippen LogP contribution in [0.1, 0.15) is 11.1 Å². The summed E-state index contributed by atoms with van der Waals surface area (Å²) in [7, 11) is -4.07. The van der Waals surface area contributed by atoms with Gasteiger partial charge in [0.1, 0.15) is 11.6 Å². The van der Waals surface area contributed by atoms with E-state index in [-0.39, 0.29) is 28.8 Å². The van der Waals surface area contributed by atoms with E-state index >= 15 is 0 Å². The van der Waals surface area contributed by atoms with E-state index in [1.807, 2.05) is 0 Å². The first-order valence-corrected chi connectivity index (χ1v) is 9.29. The van der Waals surface area contributed by atoms with Crippen molar-refractivity contribution in [2.24, 2.45) is 0 Å². The number of rotatable bonds is 6. The molecule has 1 N–H and O–H groups in total. The van der Waals surface area contributed by atoms with Gasteiger partial charge in [-0.25, -0.2) is 17.5 Å². The van der Waals surface area contributed by atoms with Crippen LogP contribution in [0, 0.1) is 22.9 Å². The largest absolute Gasteiger partial charge is 0.270 e. The number of halogens is 1. The Balaban J connectivity index is 1.89. The first kappa shape index (κ1) is 18.5. The van der Waals surface area contributed by atoms with E-state index in [1.54, 1.807) is 19.1 Å².